The Morgan fingerprint density at radius 3 is 2.48 bits per heavy atom. The number of hydrogen-bond donors (Lipinski definition) is 0. The maximum atomic E-state index is 13.8. The van der Waals surface area contributed by atoms with Crippen LogP contribution in [-0.2, 0) is 6.61 Å². The first kappa shape index (κ1) is 24.5. The summed E-state index contributed by atoms with van der Waals surface area (Å²) in [6, 6.07) is 3.85. The topological polar surface area (TPSA) is 74.1 Å². The molecule has 0 amide bonds. The van der Waals surface area contributed by atoms with Gasteiger partial charge in [-0.3, -0.25) is 24.1 Å². The van der Waals surface area contributed by atoms with E-state index in [0.29, 0.717) is 17.4 Å². The van der Waals surface area contributed by atoms with Crippen molar-refractivity contribution in [2.45, 2.75) is 53.1 Å². The molecule has 1 saturated carbocycles. The zero-order valence-electron chi connectivity index (χ0n) is 18.8. The van der Waals surface area contributed by atoms with E-state index in [2.05, 4.69) is 9.97 Å². The Morgan fingerprint density at radius 1 is 1.18 bits per heavy atom. The number of pyridine rings is 3. The summed E-state index contributed by atoms with van der Waals surface area (Å²) in [5.41, 5.74) is 1.55. The zero-order valence-corrected chi connectivity index (χ0v) is 19.5. The predicted octanol–water partition coefficient (Wildman–Crippen LogP) is 5.55. The lowest BCUT2D eigenvalue weighted by Crippen LogP contribution is -2.23. The van der Waals surface area contributed by atoms with Gasteiger partial charge in [0.15, 0.2) is 11.6 Å². The van der Waals surface area contributed by atoms with Gasteiger partial charge in [-0.25, -0.2) is 8.78 Å². The molecule has 3 heterocycles. The van der Waals surface area contributed by atoms with E-state index in [1.807, 2.05) is 13.8 Å². The van der Waals surface area contributed by atoms with Gasteiger partial charge < -0.3 is 4.74 Å². The Hall–Kier alpha value is -3.13. The summed E-state index contributed by atoms with van der Waals surface area (Å²) < 4.78 is 33.8. The molecule has 174 valence electrons. The van der Waals surface area contributed by atoms with Gasteiger partial charge in [0.05, 0.1) is 11.9 Å². The van der Waals surface area contributed by atoms with Crippen LogP contribution in [0.5, 0.6) is 5.75 Å². The van der Waals surface area contributed by atoms with Crippen molar-refractivity contribution in [3.63, 3.8) is 0 Å². The van der Waals surface area contributed by atoms with E-state index in [-0.39, 0.29) is 40.5 Å². The van der Waals surface area contributed by atoms with Crippen molar-refractivity contribution >= 4 is 17.4 Å². The third-order valence-corrected chi connectivity index (χ3v) is 5.43. The molecular formula is C24H24ClF2N3O3. The van der Waals surface area contributed by atoms with Crippen LogP contribution >= 0.6 is 11.6 Å². The SMILES string of the molecule is CC.CC(=O)c1cc(-n2c(C)cc(OCc3ncc(F)cc3F)c(Cl)c2=O)c(C2CC2)cn1. The predicted molar refractivity (Wildman–Crippen MR) is 121 cm³/mol. The van der Waals surface area contributed by atoms with Crippen LogP contribution in [0.25, 0.3) is 5.69 Å². The average Bonchev–Trinajstić information content (AvgIpc) is 3.63. The van der Waals surface area contributed by atoms with Crippen molar-refractivity contribution in [3.8, 4) is 11.4 Å². The minimum Gasteiger partial charge on any atom is -0.485 e. The lowest BCUT2D eigenvalue weighted by Gasteiger charge is -2.17. The zero-order chi connectivity index (χ0) is 24.3. The molecule has 1 aliphatic rings. The minimum absolute atomic E-state index is 0.0553. The van der Waals surface area contributed by atoms with E-state index in [9.17, 15) is 18.4 Å². The van der Waals surface area contributed by atoms with Crippen LogP contribution in [0.15, 0.2) is 35.4 Å². The number of halogens is 3. The van der Waals surface area contributed by atoms with Crippen molar-refractivity contribution < 1.29 is 18.3 Å². The Labute approximate surface area is 195 Å². The second-order valence-electron chi connectivity index (χ2n) is 7.43. The van der Waals surface area contributed by atoms with Gasteiger partial charge in [0.25, 0.3) is 5.56 Å². The number of ether oxygens (including phenoxy) is 1. The molecule has 33 heavy (non-hydrogen) atoms. The third kappa shape index (κ3) is 5.27. The first-order valence-corrected chi connectivity index (χ1v) is 11.0. The number of aromatic nitrogens is 3. The van der Waals surface area contributed by atoms with Gasteiger partial charge in [0, 0.05) is 30.9 Å². The molecule has 6 nitrogen and oxygen atoms in total. The maximum absolute atomic E-state index is 13.8. The molecule has 0 unspecified atom stereocenters. The highest BCUT2D eigenvalue weighted by atomic mass is 35.5. The molecule has 0 spiro atoms. The van der Waals surface area contributed by atoms with E-state index in [4.69, 9.17) is 16.3 Å². The average molecular weight is 476 g/mol. The number of ketones is 1. The highest BCUT2D eigenvalue weighted by molar-refractivity contribution is 6.31. The molecule has 0 bridgehead atoms. The second kappa shape index (κ2) is 10.2. The number of carbonyl (C=O) groups is 1. The summed E-state index contributed by atoms with van der Waals surface area (Å²) in [5.74, 6) is -1.54. The molecule has 0 aromatic carbocycles. The maximum Gasteiger partial charge on any atom is 0.277 e. The van der Waals surface area contributed by atoms with E-state index >= 15 is 0 Å². The van der Waals surface area contributed by atoms with Crippen LogP contribution in [-0.4, -0.2) is 20.3 Å². The van der Waals surface area contributed by atoms with Crippen LogP contribution in [0.3, 0.4) is 0 Å². The Morgan fingerprint density at radius 2 is 1.88 bits per heavy atom. The fourth-order valence-electron chi connectivity index (χ4n) is 3.33. The number of carbonyl (C=O) groups excluding carboxylic acids is 1. The number of rotatable bonds is 6. The highest BCUT2D eigenvalue weighted by Gasteiger charge is 2.29. The molecule has 9 heteroatoms. The number of nitrogens with zero attached hydrogens (tertiary/aromatic N) is 3. The van der Waals surface area contributed by atoms with E-state index in [0.717, 1.165) is 24.6 Å². The number of hydrogen-bond acceptors (Lipinski definition) is 5. The highest BCUT2D eigenvalue weighted by Crippen LogP contribution is 2.42. The first-order chi connectivity index (χ1) is 15.8. The first-order valence-electron chi connectivity index (χ1n) is 10.6. The van der Waals surface area contributed by atoms with Crippen molar-refractivity contribution in [1.82, 2.24) is 14.5 Å². The number of aryl methyl sites for hydroxylation is 1. The summed E-state index contributed by atoms with van der Waals surface area (Å²) in [6.45, 7) is 6.78. The van der Waals surface area contributed by atoms with Crippen molar-refractivity contribution in [1.29, 1.82) is 0 Å². The van der Waals surface area contributed by atoms with Gasteiger partial charge in [0.1, 0.15) is 34.6 Å². The molecule has 1 fully saturated rings. The van der Waals surface area contributed by atoms with Crippen molar-refractivity contribution in [3.05, 3.63) is 80.2 Å². The lowest BCUT2D eigenvalue weighted by atomic mass is 10.1. The fraction of sp³-hybridized carbons (Fsp3) is 0.333. The molecule has 4 rings (SSSR count). The quantitative estimate of drug-likeness (QED) is 0.437. The van der Waals surface area contributed by atoms with Gasteiger partial charge in [-0.2, -0.15) is 0 Å². The minimum atomic E-state index is -0.858. The summed E-state index contributed by atoms with van der Waals surface area (Å²) in [5, 5.41) is -0.198. The lowest BCUT2D eigenvalue weighted by molar-refractivity contribution is 0.101. The van der Waals surface area contributed by atoms with E-state index in [1.165, 1.54) is 11.5 Å². The van der Waals surface area contributed by atoms with E-state index < -0.39 is 17.2 Å². The molecule has 0 N–H and O–H groups in total. The van der Waals surface area contributed by atoms with Gasteiger partial charge in [-0.15, -0.1) is 0 Å². The molecule has 3 aromatic heterocycles. The van der Waals surface area contributed by atoms with Crippen LogP contribution in [0.4, 0.5) is 8.78 Å². The summed E-state index contributed by atoms with van der Waals surface area (Å²) in [7, 11) is 0. The standard InChI is InChI=1S/C22H18ClF2N3O3.C2H6/c1-11-5-20(31-10-18-16(25)6-14(24)8-26-18)21(23)22(30)28(11)19-7-17(12(2)29)27-9-15(19)13-3-4-13;1-2/h5-9,13H,3-4,10H2,1-2H3;1-2H3. The van der Waals surface area contributed by atoms with Crippen LogP contribution in [0.1, 0.15) is 67.0 Å². The summed E-state index contributed by atoms with van der Waals surface area (Å²) in [4.78, 5) is 32.8. The molecular weight excluding hydrogens is 452 g/mol. The van der Waals surface area contributed by atoms with Gasteiger partial charge >= 0.3 is 0 Å². The monoisotopic (exact) mass is 475 g/mol. The van der Waals surface area contributed by atoms with Crippen LogP contribution in [0.2, 0.25) is 5.02 Å². The largest absolute Gasteiger partial charge is 0.485 e. The molecule has 0 saturated heterocycles. The Bertz CT molecular complexity index is 1260. The molecule has 3 aromatic rings. The second-order valence-corrected chi connectivity index (χ2v) is 7.81. The molecule has 1 aliphatic carbocycles. The fourth-order valence-corrected chi connectivity index (χ4v) is 3.53. The van der Waals surface area contributed by atoms with Crippen LogP contribution in [0, 0.1) is 18.6 Å². The summed E-state index contributed by atoms with van der Waals surface area (Å²) >= 11 is 6.29. The third-order valence-electron chi connectivity index (χ3n) is 5.08. The van der Waals surface area contributed by atoms with Crippen molar-refractivity contribution in [2.24, 2.45) is 0 Å². The van der Waals surface area contributed by atoms with Crippen molar-refractivity contribution in [2.75, 3.05) is 0 Å². The van der Waals surface area contributed by atoms with Crippen LogP contribution < -0.4 is 10.3 Å². The molecule has 0 atom stereocenters. The van der Waals surface area contributed by atoms with E-state index in [1.54, 1.807) is 25.3 Å². The van der Waals surface area contributed by atoms with Gasteiger partial charge in [-0.1, -0.05) is 25.4 Å². The molecule has 0 radical (unpaired) electrons. The number of Topliss-reactive ketones (excluding diaryl/α,β-unsaturated/α-hetero) is 1. The normalized spacial score (nSPS) is 12.7. The van der Waals surface area contributed by atoms with Gasteiger partial charge in [0.2, 0.25) is 0 Å². The molecule has 0 aliphatic heterocycles. The Kier molecular flexibility index (Phi) is 7.58. The van der Waals surface area contributed by atoms with Gasteiger partial charge in [-0.05, 0) is 37.3 Å². The smallest absolute Gasteiger partial charge is 0.277 e. The Balaban J connectivity index is 0.00000149. The summed E-state index contributed by atoms with van der Waals surface area (Å²) in [6.07, 6.45) is 4.47.